The molecule has 0 aromatic heterocycles. The van der Waals surface area contributed by atoms with Gasteiger partial charge in [0.15, 0.2) is 0 Å². The number of phosphoric acid groups is 1. The van der Waals surface area contributed by atoms with Gasteiger partial charge in [0.1, 0.15) is 0 Å². The number of rotatable bonds is 16. The van der Waals surface area contributed by atoms with Crippen molar-refractivity contribution in [2.75, 3.05) is 0 Å². The van der Waals surface area contributed by atoms with Gasteiger partial charge in [-0.25, -0.2) is 4.57 Å². The van der Waals surface area contributed by atoms with Crippen molar-refractivity contribution in [2.45, 2.75) is 110 Å². The summed E-state index contributed by atoms with van der Waals surface area (Å²) < 4.78 is 8.88. The van der Waals surface area contributed by atoms with Crippen LogP contribution in [0.1, 0.15) is 110 Å². The van der Waals surface area contributed by atoms with Gasteiger partial charge in [-0.3, -0.25) is 4.79 Å². The van der Waals surface area contributed by atoms with Crippen molar-refractivity contribution >= 4 is 13.8 Å². The summed E-state index contributed by atoms with van der Waals surface area (Å²) in [6.07, 6.45) is 20.2. The minimum Gasteiger partial charge on any atom is -0.481 e. The highest BCUT2D eigenvalue weighted by Crippen LogP contribution is 2.25. The highest BCUT2D eigenvalue weighted by molar-refractivity contribution is 7.45. The van der Waals surface area contributed by atoms with Crippen molar-refractivity contribution in [1.82, 2.24) is 24.6 Å². The fraction of sp³-hybridized carbons (Fsp3) is 0.944. The van der Waals surface area contributed by atoms with Gasteiger partial charge in [0, 0.05) is 6.42 Å². The Morgan fingerprint density at radius 1 is 0.586 bits per heavy atom. The molecule has 184 valence electrons. The number of unbranched alkanes of at least 4 members (excludes halogenated alkanes) is 14. The van der Waals surface area contributed by atoms with Crippen LogP contribution in [-0.2, 0) is 9.36 Å². The van der Waals surface area contributed by atoms with E-state index in [1.54, 1.807) is 0 Å². The first-order valence-corrected chi connectivity index (χ1v) is 11.3. The Balaban J connectivity index is -0.000000131. The summed E-state index contributed by atoms with van der Waals surface area (Å²) in [5.74, 6) is -0.653. The number of carboxylic acid groups (broad SMARTS) is 1. The molecule has 29 heavy (non-hydrogen) atoms. The lowest BCUT2D eigenvalue weighted by atomic mass is 10.0. The molecule has 0 fully saturated rings. The molecule has 0 radical (unpaired) electrons. The molecule has 0 aliphatic heterocycles. The molecule has 0 aromatic carbocycles. The topological polar surface area (TPSA) is 255 Å². The predicted octanol–water partition coefficient (Wildman–Crippen LogP) is 6.05. The van der Waals surface area contributed by atoms with E-state index in [2.05, 4.69) is 6.92 Å². The molecule has 16 N–H and O–H groups in total. The van der Waals surface area contributed by atoms with Crippen LogP contribution >= 0.6 is 7.82 Å². The van der Waals surface area contributed by atoms with Crippen molar-refractivity contribution in [3.63, 3.8) is 0 Å². The molecule has 0 atom stereocenters. The van der Waals surface area contributed by atoms with Gasteiger partial charge >= 0.3 is 13.8 Å². The lowest BCUT2D eigenvalue weighted by Crippen LogP contribution is -1.93. The Bertz CT molecular complexity index is 338. The number of hydrogen-bond donors (Lipinski definition) is 8. The predicted molar refractivity (Wildman–Crippen MR) is 122 cm³/mol. The van der Waals surface area contributed by atoms with E-state index in [0.717, 1.165) is 12.8 Å². The molecule has 0 aromatic rings. The van der Waals surface area contributed by atoms with Gasteiger partial charge in [0.25, 0.3) is 0 Å². The van der Waals surface area contributed by atoms with Gasteiger partial charge in [-0.15, -0.1) is 0 Å². The first-order valence-electron chi connectivity index (χ1n) is 9.77. The van der Waals surface area contributed by atoms with E-state index in [4.69, 9.17) is 24.4 Å². The van der Waals surface area contributed by atoms with Gasteiger partial charge in [-0.05, 0) is 6.42 Å². The maximum absolute atomic E-state index is 10.3. The van der Waals surface area contributed by atoms with Gasteiger partial charge in [-0.2, -0.15) is 0 Å². The molecule has 0 unspecified atom stereocenters. The fourth-order valence-electron chi connectivity index (χ4n) is 2.65. The highest BCUT2D eigenvalue weighted by Gasteiger charge is 2.00. The monoisotopic (exact) mass is 450 g/mol. The molecule has 0 bridgehead atoms. The molecule has 0 saturated heterocycles. The highest BCUT2D eigenvalue weighted by atomic mass is 31.2. The van der Waals surface area contributed by atoms with Crippen molar-refractivity contribution in [3.8, 4) is 0 Å². The zero-order valence-electron chi connectivity index (χ0n) is 18.7. The van der Waals surface area contributed by atoms with Crippen LogP contribution in [0.15, 0.2) is 0 Å². The Hall–Kier alpha value is -0.580. The van der Waals surface area contributed by atoms with Gasteiger partial charge in [-0.1, -0.05) is 96.8 Å². The minimum atomic E-state index is -4.64. The summed E-state index contributed by atoms with van der Waals surface area (Å²) in [5, 5.41) is 8.52. The van der Waals surface area contributed by atoms with Gasteiger partial charge in [0.2, 0.25) is 0 Å². The van der Waals surface area contributed by atoms with E-state index in [1.165, 1.54) is 83.5 Å². The van der Waals surface area contributed by atoms with E-state index in [-0.39, 0.29) is 24.6 Å². The van der Waals surface area contributed by atoms with Crippen molar-refractivity contribution < 1.29 is 29.1 Å². The third kappa shape index (κ3) is 65.7. The Morgan fingerprint density at radius 3 is 1.00 bits per heavy atom. The summed E-state index contributed by atoms with van der Waals surface area (Å²) in [4.78, 5) is 31.9. The van der Waals surface area contributed by atoms with Crippen LogP contribution < -0.4 is 24.6 Å². The number of hydrogen-bond acceptors (Lipinski definition) is 6. The Kier molecular flexibility index (Phi) is 47.0. The molecule has 0 aliphatic carbocycles. The molecule has 0 amide bonds. The maximum atomic E-state index is 10.3. The number of carboxylic acids is 1. The molecular formula is C18H51N4O6P. The average molecular weight is 451 g/mol. The number of carbonyl (C=O) groups is 1. The summed E-state index contributed by atoms with van der Waals surface area (Å²) >= 11 is 0. The second kappa shape index (κ2) is 32.1. The van der Waals surface area contributed by atoms with Crippen LogP contribution in [0.4, 0.5) is 0 Å². The lowest BCUT2D eigenvalue weighted by Gasteiger charge is -2.03. The Morgan fingerprint density at radius 2 is 0.793 bits per heavy atom. The van der Waals surface area contributed by atoms with E-state index >= 15 is 0 Å². The molecule has 0 spiro atoms. The molecule has 0 saturated carbocycles. The van der Waals surface area contributed by atoms with E-state index in [0.29, 0.717) is 6.42 Å². The van der Waals surface area contributed by atoms with Crippen molar-refractivity contribution in [2.24, 2.45) is 0 Å². The third-order valence-electron chi connectivity index (χ3n) is 3.99. The fourth-order valence-corrected chi connectivity index (χ4v) is 2.65. The van der Waals surface area contributed by atoms with Gasteiger partial charge < -0.3 is 44.4 Å². The lowest BCUT2D eigenvalue weighted by molar-refractivity contribution is -0.137. The average Bonchev–Trinajstić information content (AvgIpc) is 2.49. The van der Waals surface area contributed by atoms with Crippen LogP contribution in [0.2, 0.25) is 0 Å². The van der Waals surface area contributed by atoms with Crippen molar-refractivity contribution in [1.29, 1.82) is 0 Å². The van der Waals surface area contributed by atoms with Crippen LogP contribution in [0.3, 0.4) is 0 Å². The first kappa shape index (κ1) is 42.5. The second-order valence-corrected chi connectivity index (χ2v) is 7.63. The Labute approximate surface area is 177 Å². The van der Waals surface area contributed by atoms with Crippen LogP contribution in [0, 0.1) is 0 Å². The smallest absolute Gasteiger partial charge is 0.466 e. The second-order valence-electron chi connectivity index (χ2n) is 6.61. The standard InChI is InChI=1S/C18H36O2.4H3N.H3O4P/c1-2-3-4-5-6-7-8-9-10-11-12-13-14-15-16-17-18(19)20;;;;;1-5(2,3)4/h2-17H2,1H3,(H,19,20);4*1H3;(H3,1,2,3,4). The largest absolute Gasteiger partial charge is 0.481 e. The summed E-state index contributed by atoms with van der Waals surface area (Å²) in [6, 6.07) is 0. The minimum absolute atomic E-state index is 0. The molecule has 11 heteroatoms. The van der Waals surface area contributed by atoms with Crippen molar-refractivity contribution in [3.05, 3.63) is 0 Å². The zero-order chi connectivity index (χ0) is 19.4. The van der Waals surface area contributed by atoms with E-state index < -0.39 is 13.8 Å². The summed E-state index contributed by atoms with van der Waals surface area (Å²) in [6.45, 7) is 2.27. The maximum Gasteiger partial charge on any atom is 0.466 e. The van der Waals surface area contributed by atoms with E-state index in [1.807, 2.05) is 0 Å². The quantitative estimate of drug-likeness (QED) is 0.0995. The molecule has 10 nitrogen and oxygen atoms in total. The summed E-state index contributed by atoms with van der Waals surface area (Å²) in [7, 11) is -4.64. The molecule has 0 aliphatic rings. The zero-order valence-corrected chi connectivity index (χ0v) is 19.6. The SMILES string of the molecule is CCCCCCCCCCCCCCCCCC(=O)O.N.N.N.N.O=P(O)(O)O. The van der Waals surface area contributed by atoms with Crippen LogP contribution in [-0.4, -0.2) is 25.8 Å². The first-order chi connectivity index (χ1) is 11.8. The third-order valence-corrected chi connectivity index (χ3v) is 3.99. The van der Waals surface area contributed by atoms with Gasteiger partial charge in [0.05, 0.1) is 0 Å². The normalized spacial score (nSPS) is 9.52. The number of aliphatic carboxylic acids is 1. The molecular weight excluding hydrogens is 399 g/mol. The van der Waals surface area contributed by atoms with Crippen LogP contribution in [0.5, 0.6) is 0 Å². The van der Waals surface area contributed by atoms with E-state index in [9.17, 15) is 4.79 Å². The molecule has 0 heterocycles. The summed E-state index contributed by atoms with van der Waals surface area (Å²) in [5.41, 5.74) is 0. The van der Waals surface area contributed by atoms with Crippen LogP contribution in [0.25, 0.3) is 0 Å². The molecule has 0 rings (SSSR count).